The van der Waals surface area contributed by atoms with E-state index >= 15 is 0 Å². The number of rotatable bonds is 5. The first-order valence-electron chi connectivity index (χ1n) is 8.87. The van der Waals surface area contributed by atoms with Crippen molar-refractivity contribution in [2.45, 2.75) is 13.5 Å². The number of anilines is 1. The Morgan fingerprint density at radius 3 is 2.57 bits per heavy atom. The van der Waals surface area contributed by atoms with Gasteiger partial charge in [-0.2, -0.15) is 0 Å². The number of carbonyl (C=O) groups is 1. The van der Waals surface area contributed by atoms with Gasteiger partial charge in [0.2, 0.25) is 0 Å². The first-order valence-corrected chi connectivity index (χ1v) is 8.87. The van der Waals surface area contributed by atoms with Gasteiger partial charge in [0, 0.05) is 5.39 Å². The van der Waals surface area contributed by atoms with E-state index in [1.54, 1.807) is 37.3 Å². The molecule has 1 N–H and O–H groups in total. The molecule has 140 valence electrons. The Bertz CT molecular complexity index is 1140. The summed E-state index contributed by atoms with van der Waals surface area (Å²) in [4.78, 5) is 12.8. The molecule has 3 aromatic carbocycles. The van der Waals surface area contributed by atoms with E-state index < -0.39 is 11.7 Å². The van der Waals surface area contributed by atoms with Crippen LogP contribution in [0.3, 0.4) is 0 Å². The molecule has 1 aromatic heterocycles. The number of benzene rings is 3. The number of halogens is 1. The number of amides is 1. The van der Waals surface area contributed by atoms with Gasteiger partial charge in [0.1, 0.15) is 29.5 Å². The molecule has 1 heterocycles. The molecular formula is C23H18FNO3. The van der Waals surface area contributed by atoms with Gasteiger partial charge in [-0.15, -0.1) is 0 Å². The van der Waals surface area contributed by atoms with Crippen LogP contribution in [0.25, 0.3) is 11.0 Å². The minimum absolute atomic E-state index is 0.123. The van der Waals surface area contributed by atoms with Crippen LogP contribution in [0.2, 0.25) is 0 Å². The van der Waals surface area contributed by atoms with E-state index in [2.05, 4.69) is 5.32 Å². The quantitative estimate of drug-likeness (QED) is 0.486. The van der Waals surface area contributed by atoms with Crippen molar-refractivity contribution in [3.63, 3.8) is 0 Å². The van der Waals surface area contributed by atoms with Crippen molar-refractivity contribution in [2.75, 3.05) is 5.32 Å². The third-order valence-corrected chi connectivity index (χ3v) is 4.43. The Morgan fingerprint density at radius 1 is 1.04 bits per heavy atom. The highest BCUT2D eigenvalue weighted by atomic mass is 19.1. The van der Waals surface area contributed by atoms with Crippen LogP contribution in [0, 0.1) is 12.7 Å². The second-order valence-electron chi connectivity index (χ2n) is 6.40. The average Bonchev–Trinajstić information content (AvgIpc) is 3.04. The van der Waals surface area contributed by atoms with E-state index in [1.165, 1.54) is 12.1 Å². The van der Waals surface area contributed by atoms with E-state index in [4.69, 9.17) is 9.15 Å². The molecule has 0 fully saturated rings. The fourth-order valence-electron chi connectivity index (χ4n) is 3.06. The third-order valence-electron chi connectivity index (χ3n) is 4.43. The van der Waals surface area contributed by atoms with Crippen molar-refractivity contribution in [2.24, 2.45) is 0 Å². The monoisotopic (exact) mass is 375 g/mol. The van der Waals surface area contributed by atoms with Gasteiger partial charge < -0.3 is 14.5 Å². The van der Waals surface area contributed by atoms with Crippen LogP contribution in [0.4, 0.5) is 10.1 Å². The molecule has 0 aliphatic carbocycles. The van der Waals surface area contributed by atoms with Crippen LogP contribution in [0.15, 0.2) is 77.2 Å². The Balaban J connectivity index is 1.61. The predicted octanol–water partition coefficient (Wildman–Crippen LogP) is 5.71. The van der Waals surface area contributed by atoms with Gasteiger partial charge in [0.05, 0.1) is 11.3 Å². The fraction of sp³-hybridized carbons (Fsp3) is 0.0870. The second-order valence-corrected chi connectivity index (χ2v) is 6.40. The molecular weight excluding hydrogens is 357 g/mol. The van der Waals surface area contributed by atoms with Gasteiger partial charge in [-0.25, -0.2) is 4.39 Å². The summed E-state index contributed by atoms with van der Waals surface area (Å²) in [5, 5.41) is 3.23. The minimum atomic E-state index is -0.492. The molecule has 0 bridgehead atoms. The molecule has 5 heteroatoms. The molecule has 0 unspecified atom stereocenters. The lowest BCUT2D eigenvalue weighted by Gasteiger charge is -2.08. The Labute approximate surface area is 161 Å². The van der Waals surface area contributed by atoms with Crippen molar-refractivity contribution < 1.29 is 18.3 Å². The summed E-state index contributed by atoms with van der Waals surface area (Å²) in [5.41, 5.74) is 2.10. The first kappa shape index (κ1) is 17.8. The van der Waals surface area contributed by atoms with E-state index in [9.17, 15) is 9.18 Å². The summed E-state index contributed by atoms with van der Waals surface area (Å²) in [6.07, 6.45) is 0. The third kappa shape index (κ3) is 3.60. The zero-order valence-electron chi connectivity index (χ0n) is 15.2. The summed E-state index contributed by atoms with van der Waals surface area (Å²) in [5.74, 6) is 0.163. The molecule has 0 aliphatic rings. The molecule has 0 saturated carbocycles. The maximum atomic E-state index is 13.9. The van der Waals surface area contributed by atoms with Crippen LogP contribution < -0.4 is 10.1 Å². The number of hydrogen-bond donors (Lipinski definition) is 1. The van der Waals surface area contributed by atoms with Gasteiger partial charge in [-0.05, 0) is 42.8 Å². The SMILES string of the molecule is Cc1oc2ccc(OCc3ccccc3)cc2c1C(=O)Nc1ccccc1F. The number of nitrogens with one attached hydrogen (secondary N) is 1. The van der Waals surface area contributed by atoms with E-state index in [0.29, 0.717) is 34.6 Å². The van der Waals surface area contributed by atoms with Gasteiger partial charge in [-0.3, -0.25) is 4.79 Å². The fourth-order valence-corrected chi connectivity index (χ4v) is 3.06. The molecule has 1 amide bonds. The highest BCUT2D eigenvalue weighted by Crippen LogP contribution is 2.30. The van der Waals surface area contributed by atoms with Crippen LogP contribution >= 0.6 is 0 Å². The molecule has 0 atom stereocenters. The minimum Gasteiger partial charge on any atom is -0.489 e. The summed E-state index contributed by atoms with van der Waals surface area (Å²) >= 11 is 0. The Morgan fingerprint density at radius 2 is 1.79 bits per heavy atom. The molecule has 0 aliphatic heterocycles. The second kappa shape index (κ2) is 7.56. The summed E-state index contributed by atoms with van der Waals surface area (Å²) in [7, 11) is 0. The van der Waals surface area contributed by atoms with Crippen molar-refractivity contribution in [3.8, 4) is 5.75 Å². The van der Waals surface area contributed by atoms with E-state index in [1.807, 2.05) is 30.3 Å². The molecule has 0 saturated heterocycles. The standard InChI is InChI=1S/C23H18FNO3/c1-15-22(23(26)25-20-10-6-5-9-19(20)24)18-13-17(11-12-21(18)28-15)27-14-16-7-3-2-4-8-16/h2-13H,14H2,1H3,(H,25,26). The van der Waals surface area contributed by atoms with E-state index in [-0.39, 0.29) is 5.69 Å². The highest BCUT2D eigenvalue weighted by molar-refractivity contribution is 6.13. The van der Waals surface area contributed by atoms with Gasteiger partial charge in [0.25, 0.3) is 5.91 Å². The molecule has 4 nitrogen and oxygen atoms in total. The summed E-state index contributed by atoms with van der Waals surface area (Å²) in [6, 6.07) is 21.2. The van der Waals surface area contributed by atoms with Crippen LogP contribution in [0.5, 0.6) is 5.75 Å². The number of furan rings is 1. The summed E-state index contributed by atoms with van der Waals surface area (Å²) in [6.45, 7) is 2.13. The van der Waals surface area contributed by atoms with Crippen molar-refractivity contribution in [1.29, 1.82) is 0 Å². The number of para-hydroxylation sites is 1. The topological polar surface area (TPSA) is 51.5 Å². The number of fused-ring (bicyclic) bond motifs is 1. The largest absolute Gasteiger partial charge is 0.489 e. The lowest BCUT2D eigenvalue weighted by Crippen LogP contribution is -2.13. The normalized spacial score (nSPS) is 10.8. The van der Waals surface area contributed by atoms with Crippen molar-refractivity contribution in [3.05, 3.63) is 95.5 Å². The van der Waals surface area contributed by atoms with Crippen LogP contribution in [-0.2, 0) is 6.61 Å². The smallest absolute Gasteiger partial charge is 0.259 e. The Hall–Kier alpha value is -3.60. The zero-order chi connectivity index (χ0) is 19.5. The average molecular weight is 375 g/mol. The molecule has 4 aromatic rings. The number of ether oxygens (including phenoxy) is 1. The maximum absolute atomic E-state index is 13.9. The number of carbonyl (C=O) groups excluding carboxylic acids is 1. The lowest BCUT2D eigenvalue weighted by molar-refractivity contribution is 0.102. The van der Waals surface area contributed by atoms with Crippen molar-refractivity contribution in [1.82, 2.24) is 0 Å². The van der Waals surface area contributed by atoms with E-state index in [0.717, 1.165) is 5.56 Å². The number of aryl methyl sites for hydroxylation is 1. The maximum Gasteiger partial charge on any atom is 0.259 e. The molecule has 28 heavy (non-hydrogen) atoms. The van der Waals surface area contributed by atoms with Gasteiger partial charge in [0.15, 0.2) is 0 Å². The predicted molar refractivity (Wildman–Crippen MR) is 106 cm³/mol. The molecule has 4 rings (SSSR count). The van der Waals surface area contributed by atoms with Crippen LogP contribution in [0.1, 0.15) is 21.7 Å². The van der Waals surface area contributed by atoms with Crippen molar-refractivity contribution >= 4 is 22.6 Å². The summed E-state index contributed by atoms with van der Waals surface area (Å²) < 4.78 is 25.4. The number of hydrogen-bond acceptors (Lipinski definition) is 3. The van der Waals surface area contributed by atoms with Crippen LogP contribution in [-0.4, -0.2) is 5.91 Å². The lowest BCUT2D eigenvalue weighted by atomic mass is 10.1. The zero-order valence-corrected chi connectivity index (χ0v) is 15.2. The Kier molecular flexibility index (Phi) is 4.81. The molecule has 0 spiro atoms. The van der Waals surface area contributed by atoms with Gasteiger partial charge in [-0.1, -0.05) is 42.5 Å². The van der Waals surface area contributed by atoms with Gasteiger partial charge >= 0.3 is 0 Å². The first-order chi connectivity index (χ1) is 13.6. The highest BCUT2D eigenvalue weighted by Gasteiger charge is 2.20. The molecule has 0 radical (unpaired) electrons.